The molecule has 112 valence electrons. The largest absolute Gasteiger partial charge is 0.389 e. The van der Waals surface area contributed by atoms with Crippen LogP contribution in [0.3, 0.4) is 0 Å². The first-order chi connectivity index (χ1) is 9.43. The molecule has 1 aromatic carbocycles. The van der Waals surface area contributed by atoms with Gasteiger partial charge in [0, 0.05) is 12.8 Å². The monoisotopic (exact) mass is 280 g/mol. The molecule has 0 heterocycles. The molecule has 3 N–H and O–H groups in total. The minimum Gasteiger partial charge on any atom is -0.389 e. The molecule has 5 heteroatoms. The highest BCUT2D eigenvalue weighted by molar-refractivity contribution is 5.89. The Bertz CT molecular complexity index is 416. The van der Waals surface area contributed by atoms with Crippen LogP contribution >= 0.6 is 0 Å². The lowest BCUT2D eigenvalue weighted by atomic mass is 10.1. The fourth-order valence-corrected chi connectivity index (χ4v) is 1.76. The zero-order valence-corrected chi connectivity index (χ0v) is 12.5. The summed E-state index contributed by atoms with van der Waals surface area (Å²) in [5, 5.41) is 15.1. The standard InChI is InChI=1S/C15H24N2O3/c1-10(2)14(9-20-4)17-15(19)16-13-7-5-12(6-8-13)11(3)18/h5-8,10-11,14,18H,9H2,1-4H3,(H2,16,17,19). The summed E-state index contributed by atoms with van der Waals surface area (Å²) in [4.78, 5) is 11.9. The van der Waals surface area contributed by atoms with Gasteiger partial charge in [0.15, 0.2) is 0 Å². The first kappa shape index (κ1) is 16.5. The van der Waals surface area contributed by atoms with Crippen molar-refractivity contribution in [2.24, 2.45) is 5.92 Å². The normalized spacial score (nSPS) is 13.9. The maximum absolute atomic E-state index is 11.9. The molecule has 2 amide bonds. The molecule has 5 nitrogen and oxygen atoms in total. The Morgan fingerprint density at radius 3 is 2.30 bits per heavy atom. The van der Waals surface area contributed by atoms with Gasteiger partial charge in [0.05, 0.1) is 18.8 Å². The molecule has 2 unspecified atom stereocenters. The molecular formula is C15H24N2O3. The second-order valence-electron chi connectivity index (χ2n) is 5.20. The molecule has 0 saturated carbocycles. The third-order valence-corrected chi connectivity index (χ3v) is 3.12. The molecule has 1 aromatic rings. The van der Waals surface area contributed by atoms with E-state index >= 15 is 0 Å². The molecule has 0 bridgehead atoms. The number of anilines is 1. The predicted molar refractivity (Wildman–Crippen MR) is 79.7 cm³/mol. The van der Waals surface area contributed by atoms with Crippen molar-refractivity contribution in [3.63, 3.8) is 0 Å². The number of ether oxygens (including phenoxy) is 1. The van der Waals surface area contributed by atoms with Crippen molar-refractivity contribution in [2.75, 3.05) is 19.0 Å². The molecule has 0 aliphatic rings. The van der Waals surface area contributed by atoms with Gasteiger partial charge in [0.25, 0.3) is 0 Å². The molecule has 1 rings (SSSR count). The lowest BCUT2D eigenvalue weighted by molar-refractivity contribution is 0.150. The van der Waals surface area contributed by atoms with Crippen LogP contribution in [0.25, 0.3) is 0 Å². The number of rotatable bonds is 6. The van der Waals surface area contributed by atoms with Crippen LogP contribution in [0.1, 0.15) is 32.4 Å². The van der Waals surface area contributed by atoms with Crippen molar-refractivity contribution >= 4 is 11.7 Å². The number of hydrogen-bond acceptors (Lipinski definition) is 3. The summed E-state index contributed by atoms with van der Waals surface area (Å²) in [6, 6.07) is 6.82. The topological polar surface area (TPSA) is 70.6 Å². The van der Waals surface area contributed by atoms with E-state index in [-0.39, 0.29) is 12.1 Å². The Kier molecular flexibility index (Phi) is 6.48. The fourth-order valence-electron chi connectivity index (χ4n) is 1.76. The van der Waals surface area contributed by atoms with E-state index in [9.17, 15) is 9.90 Å². The molecule has 0 aliphatic heterocycles. The fraction of sp³-hybridized carbons (Fsp3) is 0.533. The summed E-state index contributed by atoms with van der Waals surface area (Å²) in [5.74, 6) is 0.290. The quantitative estimate of drug-likeness (QED) is 0.750. The van der Waals surface area contributed by atoms with E-state index in [1.165, 1.54) is 0 Å². The van der Waals surface area contributed by atoms with Gasteiger partial charge >= 0.3 is 6.03 Å². The average Bonchev–Trinajstić information content (AvgIpc) is 2.38. The van der Waals surface area contributed by atoms with E-state index in [4.69, 9.17) is 4.74 Å². The summed E-state index contributed by atoms with van der Waals surface area (Å²) >= 11 is 0. The minimum absolute atomic E-state index is 0.0308. The summed E-state index contributed by atoms with van der Waals surface area (Å²) in [5.41, 5.74) is 1.50. The maximum Gasteiger partial charge on any atom is 0.319 e. The van der Waals surface area contributed by atoms with Crippen LogP contribution < -0.4 is 10.6 Å². The van der Waals surface area contributed by atoms with Gasteiger partial charge in [-0.3, -0.25) is 0 Å². The van der Waals surface area contributed by atoms with Gasteiger partial charge in [-0.25, -0.2) is 4.79 Å². The Labute approximate surface area is 120 Å². The number of carbonyl (C=O) groups is 1. The van der Waals surface area contributed by atoms with E-state index in [0.29, 0.717) is 18.2 Å². The summed E-state index contributed by atoms with van der Waals surface area (Å²) in [6.07, 6.45) is -0.509. The van der Waals surface area contributed by atoms with Crippen molar-refractivity contribution in [3.05, 3.63) is 29.8 Å². The predicted octanol–water partition coefficient (Wildman–Crippen LogP) is 2.53. The third kappa shape index (κ3) is 5.19. The molecule has 0 fully saturated rings. The van der Waals surface area contributed by atoms with Crippen LogP contribution in [0.4, 0.5) is 10.5 Å². The van der Waals surface area contributed by atoms with Crippen LogP contribution in [0.5, 0.6) is 0 Å². The number of nitrogens with one attached hydrogen (secondary N) is 2. The zero-order valence-electron chi connectivity index (χ0n) is 12.5. The smallest absolute Gasteiger partial charge is 0.319 e. The number of methoxy groups -OCH3 is 1. The van der Waals surface area contributed by atoms with Crippen LogP contribution in [0, 0.1) is 5.92 Å². The van der Waals surface area contributed by atoms with Crippen molar-refractivity contribution in [1.29, 1.82) is 0 Å². The lowest BCUT2D eigenvalue weighted by Crippen LogP contribution is -2.43. The van der Waals surface area contributed by atoms with E-state index in [0.717, 1.165) is 5.56 Å². The zero-order chi connectivity index (χ0) is 15.1. The van der Waals surface area contributed by atoms with Gasteiger partial charge in [-0.05, 0) is 30.5 Å². The second kappa shape index (κ2) is 7.87. The molecule has 0 spiro atoms. The van der Waals surface area contributed by atoms with Gasteiger partial charge in [-0.2, -0.15) is 0 Å². The van der Waals surface area contributed by atoms with Gasteiger partial charge in [-0.1, -0.05) is 26.0 Å². The Hall–Kier alpha value is -1.59. The number of carbonyl (C=O) groups excluding carboxylic acids is 1. The first-order valence-corrected chi connectivity index (χ1v) is 6.78. The van der Waals surface area contributed by atoms with Gasteiger partial charge in [0.1, 0.15) is 0 Å². The van der Waals surface area contributed by atoms with Crippen molar-refractivity contribution in [3.8, 4) is 0 Å². The molecule has 0 saturated heterocycles. The SMILES string of the molecule is COCC(NC(=O)Nc1ccc(C(C)O)cc1)C(C)C. The number of amides is 2. The first-order valence-electron chi connectivity index (χ1n) is 6.78. The van der Waals surface area contributed by atoms with Crippen LogP contribution in [0.2, 0.25) is 0 Å². The van der Waals surface area contributed by atoms with Gasteiger partial charge in [-0.15, -0.1) is 0 Å². The molecule has 0 radical (unpaired) electrons. The van der Waals surface area contributed by atoms with E-state index in [2.05, 4.69) is 10.6 Å². The van der Waals surface area contributed by atoms with Gasteiger partial charge < -0.3 is 20.5 Å². The molecule has 2 atom stereocenters. The van der Waals surface area contributed by atoms with Crippen molar-refractivity contribution in [1.82, 2.24) is 5.32 Å². The Balaban J connectivity index is 2.57. The third-order valence-electron chi connectivity index (χ3n) is 3.12. The molecule has 20 heavy (non-hydrogen) atoms. The van der Waals surface area contributed by atoms with Crippen molar-refractivity contribution < 1.29 is 14.6 Å². The summed E-state index contributed by atoms with van der Waals surface area (Å²) in [7, 11) is 1.61. The highest BCUT2D eigenvalue weighted by Crippen LogP contribution is 2.15. The number of urea groups is 1. The number of hydrogen-bond donors (Lipinski definition) is 3. The van der Waals surface area contributed by atoms with Crippen LogP contribution in [-0.4, -0.2) is 30.9 Å². The molecule has 0 aromatic heterocycles. The maximum atomic E-state index is 11.9. The highest BCUT2D eigenvalue weighted by atomic mass is 16.5. The van der Waals surface area contributed by atoms with Crippen molar-refractivity contribution in [2.45, 2.75) is 32.9 Å². The second-order valence-corrected chi connectivity index (χ2v) is 5.20. The Morgan fingerprint density at radius 1 is 1.25 bits per heavy atom. The van der Waals surface area contributed by atoms with Crippen LogP contribution in [-0.2, 0) is 4.74 Å². The summed E-state index contributed by atoms with van der Waals surface area (Å²) in [6.45, 7) is 6.24. The van der Waals surface area contributed by atoms with E-state index in [1.54, 1.807) is 38.3 Å². The minimum atomic E-state index is -0.509. The summed E-state index contributed by atoms with van der Waals surface area (Å²) < 4.78 is 5.09. The average molecular weight is 280 g/mol. The molecule has 0 aliphatic carbocycles. The van der Waals surface area contributed by atoms with Crippen LogP contribution in [0.15, 0.2) is 24.3 Å². The Morgan fingerprint density at radius 2 is 1.85 bits per heavy atom. The van der Waals surface area contributed by atoms with Gasteiger partial charge in [0.2, 0.25) is 0 Å². The molecular weight excluding hydrogens is 256 g/mol. The number of aliphatic hydroxyl groups is 1. The van der Waals surface area contributed by atoms with E-state index in [1.807, 2.05) is 13.8 Å². The highest BCUT2D eigenvalue weighted by Gasteiger charge is 2.15. The lowest BCUT2D eigenvalue weighted by Gasteiger charge is -2.21. The number of aliphatic hydroxyl groups excluding tert-OH is 1. The van der Waals surface area contributed by atoms with E-state index < -0.39 is 6.10 Å². The number of benzene rings is 1.